The molecule has 0 unspecified atom stereocenters. The average molecular weight is 463 g/mol. The Balaban J connectivity index is 0.00000196. The first-order valence-electron chi connectivity index (χ1n) is 3.59. The van der Waals surface area contributed by atoms with E-state index in [2.05, 4.69) is 22.6 Å². The van der Waals surface area contributed by atoms with E-state index >= 15 is 0 Å². The zero-order valence-corrected chi connectivity index (χ0v) is 12.3. The monoisotopic (exact) mass is 463 g/mol. The van der Waals surface area contributed by atoms with Crippen molar-refractivity contribution in [3.8, 4) is 0 Å². The lowest BCUT2D eigenvalue weighted by Gasteiger charge is -2.16. The number of hydrogen-bond donors (Lipinski definition) is 1. The first-order chi connectivity index (χ1) is 6.32. The highest BCUT2D eigenvalue weighted by atomic mass is 127. The molecular weight excluding hydrogens is 456 g/mol. The predicted molar refractivity (Wildman–Crippen MR) is 72.1 cm³/mol. The summed E-state index contributed by atoms with van der Waals surface area (Å²) in [5.41, 5.74) is 5.16. The van der Waals surface area contributed by atoms with E-state index in [9.17, 15) is 13.2 Å². The summed E-state index contributed by atoms with van der Waals surface area (Å²) in [6.07, 6.45) is -4.38. The van der Waals surface area contributed by atoms with Crippen LogP contribution in [0.4, 0.5) is 13.2 Å². The van der Waals surface area contributed by atoms with Gasteiger partial charge < -0.3 is 5.73 Å². The molecule has 2 N–H and O–H groups in total. The van der Waals surface area contributed by atoms with E-state index in [1.54, 1.807) is 6.07 Å². The largest absolute Gasteiger partial charge is 0.407 e. The molecule has 1 atom stereocenters. The van der Waals surface area contributed by atoms with Crippen molar-refractivity contribution in [3.05, 3.63) is 30.9 Å². The maximum Gasteiger partial charge on any atom is 0.407 e. The third-order valence-electron chi connectivity index (χ3n) is 1.66. The third-order valence-corrected chi connectivity index (χ3v) is 4.52. The van der Waals surface area contributed by atoms with Gasteiger partial charge in [0.25, 0.3) is 0 Å². The highest BCUT2D eigenvalue weighted by molar-refractivity contribution is 14.1. The summed E-state index contributed by atoms with van der Waals surface area (Å²) in [5, 5.41) is 0. The molecular formula is C8H7ClF3I2N. The lowest BCUT2D eigenvalue weighted by molar-refractivity contribution is -0.149. The van der Waals surface area contributed by atoms with Gasteiger partial charge in [0.1, 0.15) is 6.04 Å². The minimum atomic E-state index is -4.38. The quantitative estimate of drug-likeness (QED) is 0.629. The summed E-state index contributed by atoms with van der Waals surface area (Å²) in [4.78, 5) is 0. The third kappa shape index (κ3) is 4.23. The molecule has 1 aromatic carbocycles. The van der Waals surface area contributed by atoms with Crippen molar-refractivity contribution < 1.29 is 13.2 Å². The fourth-order valence-corrected chi connectivity index (χ4v) is 1.77. The van der Waals surface area contributed by atoms with Crippen LogP contribution in [-0.2, 0) is 0 Å². The number of hydrogen-bond acceptors (Lipinski definition) is 1. The topological polar surface area (TPSA) is 26.0 Å². The van der Waals surface area contributed by atoms with E-state index in [4.69, 9.17) is 5.73 Å². The fraction of sp³-hybridized carbons (Fsp3) is 0.250. The number of halogens is 6. The van der Waals surface area contributed by atoms with E-state index in [0.29, 0.717) is 0 Å². The van der Waals surface area contributed by atoms with E-state index in [1.165, 1.54) is 12.1 Å². The van der Waals surface area contributed by atoms with Gasteiger partial charge in [-0.25, -0.2) is 0 Å². The highest BCUT2D eigenvalue weighted by Gasteiger charge is 2.37. The van der Waals surface area contributed by atoms with Gasteiger partial charge in [0.15, 0.2) is 0 Å². The van der Waals surface area contributed by atoms with Gasteiger partial charge in [0.05, 0.1) is 0 Å². The molecule has 0 bridgehead atoms. The molecule has 0 fully saturated rings. The second kappa shape index (κ2) is 5.87. The van der Waals surface area contributed by atoms with Gasteiger partial charge in [0.2, 0.25) is 0 Å². The number of alkyl halides is 3. The highest BCUT2D eigenvalue weighted by Crippen LogP contribution is 2.31. The van der Waals surface area contributed by atoms with Crippen molar-refractivity contribution >= 4 is 57.6 Å². The van der Waals surface area contributed by atoms with Crippen LogP contribution in [0.3, 0.4) is 0 Å². The first kappa shape index (κ1) is 15.7. The summed E-state index contributed by atoms with van der Waals surface area (Å²) in [7, 11) is 0. The average Bonchev–Trinajstić information content (AvgIpc) is 2.07. The van der Waals surface area contributed by atoms with Gasteiger partial charge in [-0.15, -0.1) is 12.4 Å². The SMILES string of the molecule is Cl.N[C@@H](c1ccc(I)c(I)c1)C(F)(F)F. The van der Waals surface area contributed by atoms with Crippen molar-refractivity contribution in [2.45, 2.75) is 12.2 Å². The van der Waals surface area contributed by atoms with Crippen molar-refractivity contribution in [1.82, 2.24) is 0 Å². The van der Waals surface area contributed by atoms with Gasteiger partial charge >= 0.3 is 6.18 Å². The summed E-state index contributed by atoms with van der Waals surface area (Å²) in [6.45, 7) is 0. The zero-order chi connectivity index (χ0) is 10.9. The van der Waals surface area contributed by atoms with Gasteiger partial charge in [-0.05, 0) is 62.9 Å². The Hall–Kier alpha value is 0.720. The number of benzene rings is 1. The Kier molecular flexibility index (Phi) is 6.16. The summed E-state index contributed by atoms with van der Waals surface area (Å²) < 4.78 is 38.4. The van der Waals surface area contributed by atoms with E-state index < -0.39 is 12.2 Å². The van der Waals surface area contributed by atoms with Crippen LogP contribution in [0.5, 0.6) is 0 Å². The summed E-state index contributed by atoms with van der Waals surface area (Å²) in [5.74, 6) is 0. The molecule has 0 radical (unpaired) electrons. The molecule has 0 aromatic heterocycles. The van der Waals surface area contributed by atoms with Crippen LogP contribution >= 0.6 is 57.6 Å². The molecule has 0 aliphatic rings. The van der Waals surface area contributed by atoms with Crippen molar-refractivity contribution in [2.75, 3.05) is 0 Å². The maximum absolute atomic E-state index is 12.2. The van der Waals surface area contributed by atoms with E-state index in [-0.39, 0.29) is 18.0 Å². The Morgan fingerprint density at radius 3 is 2.07 bits per heavy atom. The zero-order valence-electron chi connectivity index (χ0n) is 7.18. The number of rotatable bonds is 1. The maximum atomic E-state index is 12.2. The molecule has 1 nitrogen and oxygen atoms in total. The van der Waals surface area contributed by atoms with Crippen LogP contribution in [0.2, 0.25) is 0 Å². The molecule has 0 aliphatic heterocycles. The van der Waals surface area contributed by atoms with Crippen LogP contribution in [0, 0.1) is 7.14 Å². The summed E-state index contributed by atoms with van der Waals surface area (Å²) in [6, 6.07) is 2.60. The van der Waals surface area contributed by atoms with Crippen molar-refractivity contribution in [1.29, 1.82) is 0 Å². The Bertz CT molecular complexity index is 343. The Labute approximate surface area is 119 Å². The van der Waals surface area contributed by atoms with Crippen molar-refractivity contribution in [2.24, 2.45) is 5.73 Å². The van der Waals surface area contributed by atoms with Gasteiger partial charge in [-0.2, -0.15) is 13.2 Å². The lowest BCUT2D eigenvalue weighted by atomic mass is 10.1. The lowest BCUT2D eigenvalue weighted by Crippen LogP contribution is -2.28. The molecule has 0 aliphatic carbocycles. The molecule has 7 heteroatoms. The molecule has 0 saturated carbocycles. The van der Waals surface area contributed by atoms with E-state index in [1.807, 2.05) is 22.6 Å². The predicted octanol–water partition coefficient (Wildman–Crippen LogP) is 3.88. The minimum absolute atomic E-state index is 0. The molecule has 1 aromatic rings. The second-order valence-electron chi connectivity index (χ2n) is 2.69. The second-order valence-corrected chi connectivity index (χ2v) is 5.02. The van der Waals surface area contributed by atoms with E-state index in [0.717, 1.165) is 7.14 Å². The number of nitrogens with two attached hydrogens (primary N) is 1. The molecule has 0 saturated heterocycles. The van der Waals surface area contributed by atoms with Gasteiger partial charge in [0, 0.05) is 7.14 Å². The first-order valence-corrected chi connectivity index (χ1v) is 5.75. The molecule has 0 amide bonds. The molecule has 15 heavy (non-hydrogen) atoms. The Morgan fingerprint density at radius 1 is 1.13 bits per heavy atom. The smallest absolute Gasteiger partial charge is 0.316 e. The Morgan fingerprint density at radius 2 is 1.67 bits per heavy atom. The molecule has 0 heterocycles. The van der Waals surface area contributed by atoms with Gasteiger partial charge in [-0.1, -0.05) is 6.07 Å². The molecule has 86 valence electrons. The van der Waals surface area contributed by atoms with Crippen LogP contribution < -0.4 is 5.73 Å². The minimum Gasteiger partial charge on any atom is -0.316 e. The van der Waals surface area contributed by atoms with Crippen LogP contribution in [0.25, 0.3) is 0 Å². The summed E-state index contributed by atoms with van der Waals surface area (Å²) >= 11 is 4.04. The molecule has 1 rings (SSSR count). The standard InChI is InChI=1S/C8H6F3I2N.ClH/c9-8(10,11)7(14)4-1-2-5(12)6(13)3-4;/h1-3,7H,14H2;1H/t7-;/m0./s1. The van der Waals surface area contributed by atoms with Gasteiger partial charge in [-0.3, -0.25) is 0 Å². The van der Waals surface area contributed by atoms with Crippen LogP contribution in [0.15, 0.2) is 18.2 Å². The van der Waals surface area contributed by atoms with Crippen LogP contribution in [0.1, 0.15) is 11.6 Å². The van der Waals surface area contributed by atoms with Crippen LogP contribution in [-0.4, -0.2) is 6.18 Å². The molecule has 0 spiro atoms. The fourth-order valence-electron chi connectivity index (χ4n) is 0.895. The normalized spacial score (nSPS) is 13.2. The van der Waals surface area contributed by atoms with Crippen molar-refractivity contribution in [3.63, 3.8) is 0 Å².